The summed E-state index contributed by atoms with van der Waals surface area (Å²) in [5.74, 6) is -0.152. The van der Waals surface area contributed by atoms with Crippen LogP contribution in [-0.4, -0.2) is 11.7 Å². The number of nitrogens with one attached hydrogen (secondary N) is 2. The molecule has 2 aromatic rings. The number of rotatable bonds is 3. The minimum atomic E-state index is -0.289. The lowest BCUT2D eigenvalue weighted by Gasteiger charge is -2.02. The fraction of sp³-hybridized carbons (Fsp3) is 0.0588. The van der Waals surface area contributed by atoms with Crippen molar-refractivity contribution in [1.82, 2.24) is 5.32 Å². The lowest BCUT2D eigenvalue weighted by molar-refractivity contribution is -0.115. The number of hydrogen-bond acceptors (Lipinski definition) is 2. The Kier molecular flexibility index (Phi) is 4.45. The number of hydrogen-bond donors (Lipinski definition) is 2. The van der Waals surface area contributed by atoms with Crippen molar-refractivity contribution in [3.63, 3.8) is 0 Å². The molecule has 0 heterocycles. The van der Waals surface area contributed by atoms with Gasteiger partial charge in [0, 0.05) is 6.08 Å². The summed E-state index contributed by atoms with van der Waals surface area (Å²) in [6, 6.07) is 18.0. The third kappa shape index (κ3) is 3.92. The molecule has 0 unspecified atom stereocenters. The highest BCUT2D eigenvalue weighted by atomic mass is 16.1. The summed E-state index contributed by atoms with van der Waals surface area (Å²) in [5.41, 5.74) is 3.20. The van der Waals surface area contributed by atoms with Gasteiger partial charge in [0.25, 0.3) is 0 Å². The highest BCUT2D eigenvalue weighted by molar-refractivity contribution is 6.02. The van der Waals surface area contributed by atoms with Crippen LogP contribution in [0.25, 0.3) is 17.2 Å². The lowest BCUT2D eigenvalue weighted by atomic mass is 10.0. The van der Waals surface area contributed by atoms with E-state index in [9.17, 15) is 4.79 Å². The van der Waals surface area contributed by atoms with Gasteiger partial charge in [-0.05, 0) is 35.8 Å². The van der Waals surface area contributed by atoms with E-state index in [1.807, 2.05) is 54.6 Å². The molecule has 0 aromatic heterocycles. The predicted molar refractivity (Wildman–Crippen MR) is 82.5 cm³/mol. The molecule has 2 aromatic carbocycles. The Morgan fingerprint density at radius 2 is 1.75 bits per heavy atom. The van der Waals surface area contributed by atoms with Crippen LogP contribution in [0.1, 0.15) is 12.5 Å². The number of carbonyl (C=O) groups excluding carboxylic acids is 1. The first kappa shape index (κ1) is 13.7. The summed E-state index contributed by atoms with van der Waals surface area (Å²) in [4.78, 5) is 11.4. The van der Waals surface area contributed by atoms with Crippen LogP contribution in [0, 0.1) is 5.41 Å². The second-order valence-electron chi connectivity index (χ2n) is 4.44. The number of amides is 1. The van der Waals surface area contributed by atoms with Gasteiger partial charge >= 0.3 is 0 Å². The molecule has 0 aliphatic heterocycles. The summed E-state index contributed by atoms with van der Waals surface area (Å²) in [6.07, 6.45) is 3.17. The molecule has 0 aliphatic rings. The Morgan fingerprint density at radius 1 is 1.05 bits per heavy atom. The molecule has 0 radical (unpaired) electrons. The zero-order valence-corrected chi connectivity index (χ0v) is 11.3. The summed E-state index contributed by atoms with van der Waals surface area (Å²) >= 11 is 0. The fourth-order valence-electron chi connectivity index (χ4n) is 1.85. The van der Waals surface area contributed by atoms with E-state index >= 15 is 0 Å². The molecule has 0 atom stereocenters. The second kappa shape index (κ2) is 6.48. The minimum absolute atomic E-state index is 0.137. The first-order valence-electron chi connectivity index (χ1n) is 6.35. The standard InChI is InChI=1S/C17H16N2O/c1-13(18)19-17(20)11-10-14-6-5-9-16(12-14)15-7-3-2-4-8-15/h2-12H,1H3,(H2,18,19,20)/b11-10+. The van der Waals surface area contributed by atoms with Crippen LogP contribution in [0.15, 0.2) is 60.7 Å². The van der Waals surface area contributed by atoms with E-state index in [-0.39, 0.29) is 11.7 Å². The SMILES string of the molecule is CC(=N)NC(=O)/C=C/c1cccc(-c2ccccc2)c1. The highest BCUT2D eigenvalue weighted by Crippen LogP contribution is 2.20. The predicted octanol–water partition coefficient (Wildman–Crippen LogP) is 3.48. The maximum absolute atomic E-state index is 11.4. The maximum Gasteiger partial charge on any atom is 0.249 e. The van der Waals surface area contributed by atoms with Crippen molar-refractivity contribution in [3.8, 4) is 11.1 Å². The van der Waals surface area contributed by atoms with Crippen LogP contribution in [-0.2, 0) is 4.79 Å². The third-order valence-corrected chi connectivity index (χ3v) is 2.73. The topological polar surface area (TPSA) is 53.0 Å². The molecule has 0 saturated heterocycles. The summed E-state index contributed by atoms with van der Waals surface area (Å²) in [6.45, 7) is 1.53. The van der Waals surface area contributed by atoms with Gasteiger partial charge in [-0.25, -0.2) is 0 Å². The molecule has 2 rings (SSSR count). The summed E-state index contributed by atoms with van der Waals surface area (Å²) in [7, 11) is 0. The first-order chi connectivity index (χ1) is 9.65. The lowest BCUT2D eigenvalue weighted by Crippen LogP contribution is -2.25. The van der Waals surface area contributed by atoms with Crippen LogP contribution in [0.5, 0.6) is 0 Å². The first-order valence-corrected chi connectivity index (χ1v) is 6.35. The van der Waals surface area contributed by atoms with E-state index in [0.29, 0.717) is 0 Å². The fourth-order valence-corrected chi connectivity index (χ4v) is 1.85. The van der Waals surface area contributed by atoms with E-state index in [0.717, 1.165) is 16.7 Å². The number of amidine groups is 1. The van der Waals surface area contributed by atoms with Crippen molar-refractivity contribution in [2.75, 3.05) is 0 Å². The largest absolute Gasteiger partial charge is 0.311 e. The van der Waals surface area contributed by atoms with Crippen molar-refractivity contribution in [2.24, 2.45) is 0 Å². The molecule has 100 valence electrons. The van der Waals surface area contributed by atoms with Crippen LogP contribution < -0.4 is 5.32 Å². The van der Waals surface area contributed by atoms with Crippen LogP contribution >= 0.6 is 0 Å². The van der Waals surface area contributed by atoms with Crippen LogP contribution in [0.3, 0.4) is 0 Å². The molecule has 3 nitrogen and oxygen atoms in total. The zero-order valence-electron chi connectivity index (χ0n) is 11.3. The maximum atomic E-state index is 11.4. The molecule has 2 N–H and O–H groups in total. The van der Waals surface area contributed by atoms with Gasteiger partial charge in [0.15, 0.2) is 0 Å². The Balaban J connectivity index is 2.17. The average molecular weight is 264 g/mol. The van der Waals surface area contributed by atoms with Gasteiger partial charge in [-0.2, -0.15) is 0 Å². The second-order valence-corrected chi connectivity index (χ2v) is 4.44. The van der Waals surface area contributed by atoms with Crippen molar-refractivity contribution in [3.05, 3.63) is 66.2 Å². The molecule has 0 fully saturated rings. The molecule has 20 heavy (non-hydrogen) atoms. The molecule has 3 heteroatoms. The smallest absolute Gasteiger partial charge is 0.249 e. The number of benzene rings is 2. The van der Waals surface area contributed by atoms with Gasteiger partial charge in [-0.3, -0.25) is 10.2 Å². The number of carbonyl (C=O) groups is 1. The van der Waals surface area contributed by atoms with Gasteiger partial charge in [0.2, 0.25) is 5.91 Å². The molecular formula is C17H16N2O. The van der Waals surface area contributed by atoms with Crippen LogP contribution in [0.4, 0.5) is 0 Å². The summed E-state index contributed by atoms with van der Waals surface area (Å²) < 4.78 is 0. The molecule has 0 aliphatic carbocycles. The highest BCUT2D eigenvalue weighted by Gasteiger charge is 1.98. The van der Waals surface area contributed by atoms with E-state index in [1.54, 1.807) is 6.08 Å². The van der Waals surface area contributed by atoms with Crippen molar-refractivity contribution >= 4 is 17.8 Å². The average Bonchev–Trinajstić information content (AvgIpc) is 2.46. The normalized spacial score (nSPS) is 10.4. The van der Waals surface area contributed by atoms with Gasteiger partial charge < -0.3 is 5.32 Å². The van der Waals surface area contributed by atoms with E-state index in [4.69, 9.17) is 5.41 Å². The third-order valence-electron chi connectivity index (χ3n) is 2.73. The molecular weight excluding hydrogens is 248 g/mol. The van der Waals surface area contributed by atoms with Crippen molar-refractivity contribution in [2.45, 2.75) is 6.92 Å². The van der Waals surface area contributed by atoms with Gasteiger partial charge in [0.1, 0.15) is 0 Å². The van der Waals surface area contributed by atoms with Gasteiger partial charge in [-0.15, -0.1) is 0 Å². The zero-order chi connectivity index (χ0) is 14.4. The molecule has 1 amide bonds. The quantitative estimate of drug-likeness (QED) is 0.497. The Bertz CT molecular complexity index is 645. The Morgan fingerprint density at radius 3 is 2.45 bits per heavy atom. The summed E-state index contributed by atoms with van der Waals surface area (Å²) in [5, 5.41) is 9.61. The van der Waals surface area contributed by atoms with E-state index in [1.165, 1.54) is 13.0 Å². The molecule has 0 spiro atoms. The van der Waals surface area contributed by atoms with Gasteiger partial charge in [-0.1, -0.05) is 48.5 Å². The molecule has 0 saturated carbocycles. The molecule has 0 bridgehead atoms. The Labute approximate surface area is 118 Å². The van der Waals surface area contributed by atoms with Gasteiger partial charge in [0.05, 0.1) is 5.84 Å². The monoisotopic (exact) mass is 264 g/mol. The van der Waals surface area contributed by atoms with Crippen molar-refractivity contribution in [1.29, 1.82) is 5.41 Å². The van der Waals surface area contributed by atoms with Crippen molar-refractivity contribution < 1.29 is 4.79 Å². The van der Waals surface area contributed by atoms with Crippen LogP contribution in [0.2, 0.25) is 0 Å². The van der Waals surface area contributed by atoms with E-state index in [2.05, 4.69) is 5.32 Å². The van der Waals surface area contributed by atoms with E-state index < -0.39 is 0 Å². The minimum Gasteiger partial charge on any atom is -0.311 e. The Hall–Kier alpha value is -2.68.